The first kappa shape index (κ1) is 20.1. The Kier molecular flexibility index (Phi) is 7.48. The number of rotatable bonds is 2. The third kappa shape index (κ3) is 6.25. The van der Waals surface area contributed by atoms with Crippen LogP contribution in [0, 0.1) is 10.8 Å². The molecular weight excluding hydrogens is 292 g/mol. The van der Waals surface area contributed by atoms with Gasteiger partial charge >= 0.3 is 0 Å². The SMILES string of the molecule is CC[C@@H]1O[C@H](C(C)(C)C)CS1.CC[C@H]1C=C[C@@H](C(C)(C)C)O1. The predicted molar refractivity (Wildman–Crippen MR) is 98.4 cm³/mol. The Morgan fingerprint density at radius 3 is 1.82 bits per heavy atom. The fourth-order valence-corrected chi connectivity index (χ4v) is 3.77. The maximum absolute atomic E-state index is 5.84. The van der Waals surface area contributed by atoms with Gasteiger partial charge in [0.15, 0.2) is 0 Å². The second-order valence-electron chi connectivity index (χ2n) is 8.42. The largest absolute Gasteiger partial charge is 0.366 e. The normalized spacial score (nSPS) is 32.0. The van der Waals surface area contributed by atoms with E-state index in [1.165, 1.54) is 5.75 Å². The van der Waals surface area contributed by atoms with Crippen molar-refractivity contribution in [2.45, 2.75) is 92.0 Å². The molecule has 2 rings (SSSR count). The summed E-state index contributed by atoms with van der Waals surface area (Å²) in [4.78, 5) is 0. The molecular formula is C19H36O2S. The molecule has 2 aliphatic rings. The lowest BCUT2D eigenvalue weighted by Gasteiger charge is -2.26. The van der Waals surface area contributed by atoms with Gasteiger partial charge in [0.05, 0.1) is 18.3 Å². The topological polar surface area (TPSA) is 18.5 Å². The van der Waals surface area contributed by atoms with E-state index < -0.39 is 0 Å². The number of hydrogen-bond acceptors (Lipinski definition) is 3. The van der Waals surface area contributed by atoms with Gasteiger partial charge in [-0.3, -0.25) is 0 Å². The van der Waals surface area contributed by atoms with Crippen LogP contribution in [-0.4, -0.2) is 29.5 Å². The van der Waals surface area contributed by atoms with E-state index in [4.69, 9.17) is 9.47 Å². The molecule has 0 radical (unpaired) electrons. The molecule has 0 aromatic carbocycles. The summed E-state index contributed by atoms with van der Waals surface area (Å²) in [6.45, 7) is 17.7. The van der Waals surface area contributed by atoms with Crippen LogP contribution in [0.5, 0.6) is 0 Å². The summed E-state index contributed by atoms with van der Waals surface area (Å²) < 4.78 is 11.6. The van der Waals surface area contributed by atoms with E-state index in [-0.39, 0.29) is 5.41 Å². The third-order valence-electron chi connectivity index (χ3n) is 4.13. The summed E-state index contributed by atoms with van der Waals surface area (Å²) in [6, 6.07) is 0. The molecule has 1 fully saturated rings. The molecule has 0 spiro atoms. The minimum Gasteiger partial charge on any atom is -0.366 e. The molecule has 0 amide bonds. The second-order valence-corrected chi connectivity index (χ2v) is 9.61. The van der Waals surface area contributed by atoms with E-state index >= 15 is 0 Å². The highest BCUT2D eigenvalue weighted by atomic mass is 32.2. The Morgan fingerprint density at radius 1 is 0.909 bits per heavy atom. The van der Waals surface area contributed by atoms with Crippen molar-refractivity contribution in [3.05, 3.63) is 12.2 Å². The van der Waals surface area contributed by atoms with Crippen LogP contribution in [0.1, 0.15) is 68.2 Å². The van der Waals surface area contributed by atoms with Crippen LogP contribution in [0.4, 0.5) is 0 Å². The molecule has 0 N–H and O–H groups in total. The standard InChI is InChI=1S/C10H18O.C9H18OS/c1-5-8-6-7-9(11-8)10(2,3)4;1-5-8-10-7(6-11-8)9(2,3)4/h6-9H,5H2,1-4H3;7-8H,5-6H2,1-4H3/t8-,9-;7-,8+/m00/s1. The molecule has 130 valence electrons. The Morgan fingerprint density at radius 2 is 1.55 bits per heavy atom. The summed E-state index contributed by atoms with van der Waals surface area (Å²) >= 11 is 1.96. The fraction of sp³-hybridized carbons (Fsp3) is 0.895. The number of ether oxygens (including phenoxy) is 2. The van der Waals surface area contributed by atoms with E-state index in [9.17, 15) is 0 Å². The van der Waals surface area contributed by atoms with Crippen molar-refractivity contribution < 1.29 is 9.47 Å². The van der Waals surface area contributed by atoms with Gasteiger partial charge in [-0.25, -0.2) is 0 Å². The molecule has 1 saturated heterocycles. The molecule has 0 aromatic heterocycles. The highest BCUT2D eigenvalue weighted by Crippen LogP contribution is 2.36. The fourth-order valence-electron chi connectivity index (χ4n) is 2.35. The molecule has 3 heteroatoms. The summed E-state index contributed by atoms with van der Waals surface area (Å²) in [5, 5.41) is 0. The van der Waals surface area contributed by atoms with Crippen LogP contribution in [0.3, 0.4) is 0 Å². The minimum atomic E-state index is 0.250. The molecule has 0 saturated carbocycles. The van der Waals surface area contributed by atoms with E-state index in [0.717, 1.165) is 12.8 Å². The molecule has 2 heterocycles. The van der Waals surface area contributed by atoms with Crippen molar-refractivity contribution >= 4 is 11.8 Å². The third-order valence-corrected chi connectivity index (χ3v) is 5.44. The first-order valence-electron chi connectivity index (χ1n) is 8.68. The summed E-state index contributed by atoms with van der Waals surface area (Å²) in [5.41, 5.74) is 1.02. The highest BCUT2D eigenvalue weighted by Gasteiger charge is 2.33. The van der Waals surface area contributed by atoms with Gasteiger partial charge in [-0.15, -0.1) is 11.8 Å². The van der Waals surface area contributed by atoms with E-state index in [1.54, 1.807) is 0 Å². The molecule has 2 nitrogen and oxygen atoms in total. The van der Waals surface area contributed by atoms with Crippen LogP contribution in [0.2, 0.25) is 0 Å². The zero-order valence-corrected chi connectivity index (χ0v) is 16.6. The van der Waals surface area contributed by atoms with Crippen molar-refractivity contribution in [1.29, 1.82) is 0 Å². The molecule has 2 aliphatic heterocycles. The first-order chi connectivity index (χ1) is 10.1. The van der Waals surface area contributed by atoms with Crippen LogP contribution in [-0.2, 0) is 9.47 Å². The van der Waals surface area contributed by atoms with Crippen LogP contribution in [0.15, 0.2) is 12.2 Å². The zero-order valence-electron chi connectivity index (χ0n) is 15.8. The first-order valence-corrected chi connectivity index (χ1v) is 9.73. The molecule has 0 bridgehead atoms. The van der Waals surface area contributed by atoms with E-state index in [2.05, 4.69) is 67.5 Å². The lowest BCUT2D eigenvalue weighted by atomic mass is 9.89. The maximum atomic E-state index is 5.84. The van der Waals surface area contributed by atoms with Crippen molar-refractivity contribution in [2.24, 2.45) is 10.8 Å². The Labute approximate surface area is 142 Å². The molecule has 0 aromatic rings. The zero-order chi connectivity index (χ0) is 17.0. The molecule has 0 aliphatic carbocycles. The average molecular weight is 329 g/mol. The lowest BCUT2D eigenvalue weighted by molar-refractivity contribution is -0.00238. The van der Waals surface area contributed by atoms with Gasteiger partial charge in [-0.05, 0) is 23.7 Å². The van der Waals surface area contributed by atoms with Gasteiger partial charge in [0.2, 0.25) is 0 Å². The van der Waals surface area contributed by atoms with Crippen molar-refractivity contribution in [1.82, 2.24) is 0 Å². The van der Waals surface area contributed by atoms with Crippen LogP contribution < -0.4 is 0 Å². The van der Waals surface area contributed by atoms with E-state index in [0.29, 0.717) is 29.2 Å². The van der Waals surface area contributed by atoms with Crippen molar-refractivity contribution in [3.8, 4) is 0 Å². The van der Waals surface area contributed by atoms with Crippen LogP contribution in [0.25, 0.3) is 0 Å². The monoisotopic (exact) mass is 328 g/mol. The Balaban J connectivity index is 0.000000220. The molecule has 4 atom stereocenters. The number of thioether (sulfide) groups is 1. The van der Waals surface area contributed by atoms with Gasteiger partial charge in [0.25, 0.3) is 0 Å². The molecule has 0 unspecified atom stereocenters. The van der Waals surface area contributed by atoms with Crippen LogP contribution >= 0.6 is 11.8 Å². The predicted octanol–water partition coefficient (Wildman–Crippen LogP) is 5.67. The van der Waals surface area contributed by atoms with Gasteiger partial charge in [0.1, 0.15) is 5.44 Å². The van der Waals surface area contributed by atoms with Crippen molar-refractivity contribution in [3.63, 3.8) is 0 Å². The molecule has 22 heavy (non-hydrogen) atoms. The Bertz CT molecular complexity index is 351. The summed E-state index contributed by atoms with van der Waals surface area (Å²) in [5.74, 6) is 1.17. The smallest absolute Gasteiger partial charge is 0.103 e. The van der Waals surface area contributed by atoms with Gasteiger partial charge < -0.3 is 9.47 Å². The van der Waals surface area contributed by atoms with Gasteiger partial charge in [-0.2, -0.15) is 0 Å². The van der Waals surface area contributed by atoms with Gasteiger partial charge in [0, 0.05) is 5.75 Å². The second kappa shape index (κ2) is 8.21. The average Bonchev–Trinajstić information content (AvgIpc) is 3.07. The van der Waals surface area contributed by atoms with Gasteiger partial charge in [-0.1, -0.05) is 67.5 Å². The Hall–Kier alpha value is 0.01000. The lowest BCUT2D eigenvalue weighted by Crippen LogP contribution is -2.28. The van der Waals surface area contributed by atoms with E-state index in [1.807, 2.05) is 11.8 Å². The summed E-state index contributed by atoms with van der Waals surface area (Å²) in [7, 11) is 0. The minimum absolute atomic E-state index is 0.250. The maximum Gasteiger partial charge on any atom is 0.103 e. The summed E-state index contributed by atoms with van der Waals surface area (Å²) in [6.07, 6.45) is 7.72. The quantitative estimate of drug-likeness (QED) is 0.609. The number of hydrogen-bond donors (Lipinski definition) is 0. The van der Waals surface area contributed by atoms with Crippen molar-refractivity contribution in [2.75, 3.05) is 5.75 Å². The highest BCUT2D eigenvalue weighted by molar-refractivity contribution is 8.00.